The van der Waals surface area contributed by atoms with E-state index in [4.69, 9.17) is 4.74 Å². The summed E-state index contributed by atoms with van der Waals surface area (Å²) in [5.74, 6) is 0.102. The molecule has 3 aliphatic rings. The molecule has 0 saturated carbocycles. The molecule has 0 radical (unpaired) electrons. The fourth-order valence-electron chi connectivity index (χ4n) is 3.89. The van der Waals surface area contributed by atoms with E-state index in [2.05, 4.69) is 0 Å². The van der Waals surface area contributed by atoms with E-state index in [1.165, 1.54) is 4.90 Å². The summed E-state index contributed by atoms with van der Waals surface area (Å²) >= 11 is 0. The summed E-state index contributed by atoms with van der Waals surface area (Å²) in [5, 5.41) is 0. The number of carbonyl (C=O) groups excluding carboxylic acids is 3. The van der Waals surface area contributed by atoms with E-state index in [-0.39, 0.29) is 24.4 Å². The van der Waals surface area contributed by atoms with Crippen molar-refractivity contribution in [3.05, 3.63) is 0 Å². The van der Waals surface area contributed by atoms with Crippen molar-refractivity contribution in [2.45, 2.75) is 39.2 Å². The number of cyclic esters (lactones) is 1. The smallest absolute Gasteiger partial charge is 0.410 e. The molecule has 0 aromatic rings. The maximum absolute atomic E-state index is 12.9. The van der Waals surface area contributed by atoms with Crippen LogP contribution in [0, 0.1) is 5.41 Å². The summed E-state index contributed by atoms with van der Waals surface area (Å²) in [6, 6.07) is 0.198. The topological polar surface area (TPSA) is 70.2 Å². The fraction of sp³-hybridized carbons (Fsp3) is 0.812. The minimum Gasteiger partial charge on any atom is -0.448 e. The monoisotopic (exact) mass is 323 g/mol. The molecule has 3 heterocycles. The van der Waals surface area contributed by atoms with Gasteiger partial charge in [-0.1, -0.05) is 0 Å². The fourth-order valence-corrected chi connectivity index (χ4v) is 3.89. The van der Waals surface area contributed by atoms with Crippen LogP contribution >= 0.6 is 0 Å². The van der Waals surface area contributed by atoms with Crippen LogP contribution in [0.4, 0.5) is 4.79 Å². The number of rotatable bonds is 3. The van der Waals surface area contributed by atoms with Gasteiger partial charge in [-0.3, -0.25) is 14.5 Å². The van der Waals surface area contributed by atoms with Gasteiger partial charge in [0.2, 0.25) is 11.8 Å². The van der Waals surface area contributed by atoms with Crippen LogP contribution in [-0.2, 0) is 14.3 Å². The van der Waals surface area contributed by atoms with Crippen molar-refractivity contribution >= 4 is 17.9 Å². The highest BCUT2D eigenvalue weighted by atomic mass is 16.6. The molecule has 23 heavy (non-hydrogen) atoms. The summed E-state index contributed by atoms with van der Waals surface area (Å²) < 4.78 is 4.85. The quantitative estimate of drug-likeness (QED) is 0.766. The van der Waals surface area contributed by atoms with Crippen molar-refractivity contribution < 1.29 is 19.1 Å². The van der Waals surface area contributed by atoms with Crippen molar-refractivity contribution in [2.75, 3.05) is 39.3 Å². The summed E-state index contributed by atoms with van der Waals surface area (Å²) in [6.07, 6.45) is 2.15. The minimum absolute atomic E-state index is 0.0526. The molecular weight excluding hydrogens is 298 g/mol. The lowest BCUT2D eigenvalue weighted by molar-refractivity contribution is -0.148. The van der Waals surface area contributed by atoms with Gasteiger partial charge in [-0.15, -0.1) is 0 Å². The normalized spacial score (nSPS) is 28.2. The van der Waals surface area contributed by atoms with Gasteiger partial charge in [-0.05, 0) is 33.1 Å². The van der Waals surface area contributed by atoms with Crippen LogP contribution in [0.25, 0.3) is 0 Å². The second kappa shape index (κ2) is 6.02. The highest BCUT2D eigenvalue weighted by molar-refractivity contribution is 5.87. The largest absolute Gasteiger partial charge is 0.448 e. The van der Waals surface area contributed by atoms with Crippen LogP contribution in [0.3, 0.4) is 0 Å². The Hall–Kier alpha value is -1.79. The third-order valence-corrected chi connectivity index (χ3v) is 5.27. The Morgan fingerprint density at radius 2 is 2.00 bits per heavy atom. The number of ether oxygens (including phenoxy) is 1. The van der Waals surface area contributed by atoms with Gasteiger partial charge in [0.1, 0.15) is 13.2 Å². The van der Waals surface area contributed by atoms with Crippen LogP contribution in [0.1, 0.15) is 33.1 Å². The van der Waals surface area contributed by atoms with Crippen LogP contribution in [0.2, 0.25) is 0 Å². The molecule has 0 bridgehead atoms. The molecule has 0 aliphatic carbocycles. The summed E-state index contributed by atoms with van der Waals surface area (Å²) in [6.45, 7) is 6.82. The van der Waals surface area contributed by atoms with Crippen molar-refractivity contribution in [1.29, 1.82) is 0 Å². The number of hydrogen-bond acceptors (Lipinski definition) is 4. The van der Waals surface area contributed by atoms with Gasteiger partial charge in [0, 0.05) is 25.7 Å². The lowest BCUT2D eigenvalue weighted by Crippen LogP contribution is -2.53. The zero-order valence-corrected chi connectivity index (χ0v) is 13.9. The van der Waals surface area contributed by atoms with Crippen LogP contribution in [0.15, 0.2) is 0 Å². The van der Waals surface area contributed by atoms with Crippen LogP contribution in [0.5, 0.6) is 0 Å². The molecule has 3 amide bonds. The molecule has 7 nitrogen and oxygen atoms in total. The Kier molecular flexibility index (Phi) is 4.21. The number of amides is 3. The van der Waals surface area contributed by atoms with Crippen molar-refractivity contribution in [2.24, 2.45) is 5.41 Å². The van der Waals surface area contributed by atoms with Gasteiger partial charge >= 0.3 is 6.09 Å². The van der Waals surface area contributed by atoms with E-state index in [0.29, 0.717) is 26.2 Å². The minimum atomic E-state index is -0.424. The van der Waals surface area contributed by atoms with Gasteiger partial charge in [-0.25, -0.2) is 4.79 Å². The van der Waals surface area contributed by atoms with E-state index in [9.17, 15) is 14.4 Å². The number of carbonyl (C=O) groups is 3. The molecule has 1 atom stereocenters. The zero-order chi connectivity index (χ0) is 16.6. The standard InChI is InChI=1S/C16H25N3O4/c1-12(2)19-6-3-4-16(14(19)21)5-7-18(11-16)13(20)10-17-8-9-23-15(17)22/h12H,3-11H2,1-2H3/t16-/m0/s1. The number of likely N-dealkylation sites (tertiary alicyclic amines) is 2. The van der Waals surface area contributed by atoms with E-state index in [0.717, 1.165) is 25.8 Å². The Bertz CT molecular complexity index is 521. The van der Waals surface area contributed by atoms with E-state index in [1.807, 2.05) is 18.7 Å². The van der Waals surface area contributed by atoms with Crippen LogP contribution < -0.4 is 0 Å². The Morgan fingerprint density at radius 3 is 2.65 bits per heavy atom. The first-order chi connectivity index (χ1) is 10.9. The molecule has 3 fully saturated rings. The average Bonchev–Trinajstić information content (AvgIpc) is 3.10. The number of piperidine rings is 1. The molecule has 0 N–H and O–H groups in total. The summed E-state index contributed by atoms with van der Waals surface area (Å²) in [4.78, 5) is 41.9. The van der Waals surface area contributed by atoms with Gasteiger partial charge < -0.3 is 14.5 Å². The van der Waals surface area contributed by atoms with Crippen LogP contribution in [-0.4, -0.2) is 78.0 Å². The molecule has 1 spiro atoms. The molecule has 128 valence electrons. The summed E-state index contributed by atoms with van der Waals surface area (Å²) in [5.41, 5.74) is -0.413. The summed E-state index contributed by atoms with van der Waals surface area (Å²) in [7, 11) is 0. The first-order valence-electron chi connectivity index (χ1n) is 8.43. The molecule has 0 aromatic heterocycles. The van der Waals surface area contributed by atoms with Gasteiger partial charge in [-0.2, -0.15) is 0 Å². The van der Waals surface area contributed by atoms with Crippen molar-refractivity contribution in [3.63, 3.8) is 0 Å². The Balaban J connectivity index is 1.64. The van der Waals surface area contributed by atoms with Gasteiger partial charge in [0.15, 0.2) is 0 Å². The molecule has 3 rings (SSSR count). The first kappa shape index (κ1) is 16.1. The third-order valence-electron chi connectivity index (χ3n) is 5.27. The van der Waals surface area contributed by atoms with E-state index in [1.54, 1.807) is 4.90 Å². The van der Waals surface area contributed by atoms with E-state index < -0.39 is 11.5 Å². The molecular formula is C16H25N3O4. The van der Waals surface area contributed by atoms with Gasteiger partial charge in [0.25, 0.3) is 0 Å². The average molecular weight is 323 g/mol. The highest BCUT2D eigenvalue weighted by Gasteiger charge is 2.49. The Morgan fingerprint density at radius 1 is 1.22 bits per heavy atom. The molecule has 0 aromatic carbocycles. The number of nitrogens with zero attached hydrogens (tertiary/aromatic N) is 3. The van der Waals surface area contributed by atoms with Gasteiger partial charge in [0.05, 0.1) is 12.0 Å². The highest BCUT2D eigenvalue weighted by Crippen LogP contribution is 2.40. The molecule has 3 aliphatic heterocycles. The molecule has 7 heteroatoms. The Labute approximate surface area is 136 Å². The third kappa shape index (κ3) is 2.88. The molecule has 0 unspecified atom stereocenters. The SMILES string of the molecule is CC(C)N1CCC[C@@]2(CCN(C(=O)CN3CCOC3=O)C2)C1=O. The number of hydrogen-bond donors (Lipinski definition) is 0. The lowest BCUT2D eigenvalue weighted by atomic mass is 9.78. The first-order valence-corrected chi connectivity index (χ1v) is 8.43. The maximum Gasteiger partial charge on any atom is 0.410 e. The zero-order valence-electron chi connectivity index (χ0n) is 13.9. The predicted octanol–water partition coefficient (Wildman–Crippen LogP) is 0.688. The molecule has 3 saturated heterocycles. The maximum atomic E-state index is 12.9. The second-order valence-electron chi connectivity index (χ2n) is 7.08. The van der Waals surface area contributed by atoms with E-state index >= 15 is 0 Å². The van der Waals surface area contributed by atoms with Crippen molar-refractivity contribution in [1.82, 2.24) is 14.7 Å². The second-order valence-corrected chi connectivity index (χ2v) is 7.08. The lowest BCUT2D eigenvalue weighted by Gasteiger charge is -2.41. The predicted molar refractivity (Wildman–Crippen MR) is 82.6 cm³/mol. The van der Waals surface area contributed by atoms with Crippen molar-refractivity contribution in [3.8, 4) is 0 Å².